The number of hydrogen-bond donors (Lipinski definition) is 0. The van der Waals surface area contributed by atoms with Crippen LogP contribution in [0.5, 0.6) is 0 Å². The van der Waals surface area contributed by atoms with E-state index in [0.717, 1.165) is 74.8 Å². The van der Waals surface area contributed by atoms with Crippen LogP contribution in [0, 0.1) is 56.3 Å². The summed E-state index contributed by atoms with van der Waals surface area (Å²) in [7, 11) is 0. The summed E-state index contributed by atoms with van der Waals surface area (Å²) in [6.45, 7) is 9.36. The normalized spacial score (nSPS) is 10.1. The van der Waals surface area contributed by atoms with Gasteiger partial charge in [-0.05, 0) is 18.2 Å². The standard InChI is InChI=1S/C39H42N3/c1-34-19-10-16-28-40(34)25-13-4-7-22-37-31-38(23-8-5-14-26-41-29-17-11-20-35(41)2)33-39(32-37)24-9-6-15-27-42-30-18-12-21-36(42)3/h10-12,16-21,28-33H,4-6,13-15,25-27H2,1-3H3/q+3. The Morgan fingerprint density at radius 1 is 0.452 bits per heavy atom. The van der Waals surface area contributed by atoms with E-state index < -0.39 is 0 Å². The molecule has 0 aliphatic heterocycles. The van der Waals surface area contributed by atoms with Crippen LogP contribution in [0.1, 0.15) is 72.3 Å². The van der Waals surface area contributed by atoms with Crippen LogP contribution < -0.4 is 13.7 Å². The van der Waals surface area contributed by atoms with Gasteiger partial charge in [0, 0.05) is 112 Å². The minimum atomic E-state index is 0.853. The summed E-state index contributed by atoms with van der Waals surface area (Å²) >= 11 is 0. The maximum Gasteiger partial charge on any atom is 0.178 e. The van der Waals surface area contributed by atoms with Crippen molar-refractivity contribution in [3.63, 3.8) is 0 Å². The van der Waals surface area contributed by atoms with Gasteiger partial charge in [0.15, 0.2) is 35.7 Å². The molecule has 0 N–H and O–H groups in total. The minimum Gasteiger partial charge on any atom is -0.203 e. The summed E-state index contributed by atoms with van der Waals surface area (Å²) in [4.78, 5) is 0. The van der Waals surface area contributed by atoms with Crippen molar-refractivity contribution in [1.29, 1.82) is 0 Å². The van der Waals surface area contributed by atoms with Gasteiger partial charge in [0.2, 0.25) is 0 Å². The molecule has 210 valence electrons. The fourth-order valence-corrected chi connectivity index (χ4v) is 4.79. The molecule has 3 aromatic heterocycles. The molecule has 42 heavy (non-hydrogen) atoms. The Kier molecular flexibility index (Phi) is 12.0. The highest BCUT2D eigenvalue weighted by molar-refractivity contribution is 5.51. The van der Waals surface area contributed by atoms with Crippen molar-refractivity contribution in [3.8, 4) is 35.5 Å². The predicted molar refractivity (Wildman–Crippen MR) is 169 cm³/mol. The summed E-state index contributed by atoms with van der Waals surface area (Å²) < 4.78 is 6.84. The topological polar surface area (TPSA) is 11.6 Å². The van der Waals surface area contributed by atoms with E-state index in [1.165, 1.54) is 17.1 Å². The molecule has 3 heteroatoms. The monoisotopic (exact) mass is 552 g/mol. The van der Waals surface area contributed by atoms with E-state index in [0.29, 0.717) is 0 Å². The first kappa shape index (κ1) is 30.3. The van der Waals surface area contributed by atoms with Crippen molar-refractivity contribution in [1.82, 2.24) is 0 Å². The molecular weight excluding hydrogens is 510 g/mol. The van der Waals surface area contributed by atoms with E-state index in [-0.39, 0.29) is 0 Å². The largest absolute Gasteiger partial charge is 0.203 e. The second-order valence-electron chi connectivity index (χ2n) is 10.6. The van der Waals surface area contributed by atoms with Gasteiger partial charge < -0.3 is 0 Å². The Bertz CT molecular complexity index is 1450. The van der Waals surface area contributed by atoms with Gasteiger partial charge in [0.25, 0.3) is 0 Å². The van der Waals surface area contributed by atoms with Gasteiger partial charge in [-0.2, -0.15) is 0 Å². The van der Waals surface area contributed by atoms with Crippen molar-refractivity contribution < 1.29 is 13.7 Å². The van der Waals surface area contributed by atoms with Gasteiger partial charge >= 0.3 is 0 Å². The van der Waals surface area contributed by atoms with Gasteiger partial charge in [0.1, 0.15) is 19.6 Å². The second-order valence-corrected chi connectivity index (χ2v) is 10.6. The Morgan fingerprint density at radius 2 is 0.762 bits per heavy atom. The number of unbranched alkanes of at least 4 members (excludes halogenated alkanes) is 3. The third-order valence-corrected chi connectivity index (χ3v) is 7.24. The summed E-state index contributed by atoms with van der Waals surface area (Å²) in [6, 6.07) is 25.2. The molecule has 0 unspecified atom stereocenters. The Balaban J connectivity index is 1.39. The van der Waals surface area contributed by atoms with Crippen LogP contribution in [0.2, 0.25) is 0 Å². The Hall–Kier alpha value is -4.65. The lowest BCUT2D eigenvalue weighted by Crippen LogP contribution is -2.36. The number of aromatic nitrogens is 3. The zero-order chi connectivity index (χ0) is 29.4. The molecule has 0 saturated carbocycles. The third kappa shape index (κ3) is 10.1. The second kappa shape index (κ2) is 16.6. The van der Waals surface area contributed by atoms with Crippen LogP contribution in [0.4, 0.5) is 0 Å². The first-order valence-corrected chi connectivity index (χ1v) is 15.1. The number of hydrogen-bond acceptors (Lipinski definition) is 0. The lowest BCUT2D eigenvalue weighted by molar-refractivity contribution is -0.703. The molecule has 0 saturated heterocycles. The minimum absolute atomic E-state index is 0.853. The smallest absolute Gasteiger partial charge is 0.178 e. The molecule has 4 rings (SSSR count). The predicted octanol–water partition coefficient (Wildman–Crippen LogP) is 5.97. The summed E-state index contributed by atoms with van der Waals surface area (Å²) in [5.74, 6) is 20.3. The fourth-order valence-electron chi connectivity index (χ4n) is 4.79. The molecule has 0 spiro atoms. The van der Waals surface area contributed by atoms with E-state index in [1.54, 1.807) is 0 Å². The highest BCUT2D eigenvalue weighted by Gasteiger charge is 2.05. The van der Waals surface area contributed by atoms with E-state index in [1.807, 2.05) is 0 Å². The van der Waals surface area contributed by atoms with Crippen molar-refractivity contribution >= 4 is 0 Å². The summed E-state index contributed by atoms with van der Waals surface area (Å²) in [6.07, 6.45) is 12.0. The molecule has 3 heterocycles. The van der Waals surface area contributed by atoms with Crippen molar-refractivity contribution in [2.24, 2.45) is 0 Å². The van der Waals surface area contributed by atoms with Gasteiger partial charge in [-0.1, -0.05) is 53.7 Å². The van der Waals surface area contributed by atoms with Gasteiger partial charge in [-0.25, -0.2) is 13.7 Å². The Labute approximate surface area is 252 Å². The maximum atomic E-state index is 3.38. The quantitative estimate of drug-likeness (QED) is 0.138. The number of rotatable bonds is 9. The maximum absolute atomic E-state index is 3.38. The molecule has 4 aromatic rings. The zero-order valence-electron chi connectivity index (χ0n) is 25.4. The zero-order valence-corrected chi connectivity index (χ0v) is 25.4. The molecule has 0 bridgehead atoms. The molecule has 1 aromatic carbocycles. The third-order valence-electron chi connectivity index (χ3n) is 7.24. The van der Waals surface area contributed by atoms with Crippen LogP contribution in [-0.2, 0) is 19.6 Å². The highest BCUT2D eigenvalue weighted by atomic mass is 15.0. The van der Waals surface area contributed by atoms with E-state index in [4.69, 9.17) is 0 Å². The molecular formula is C39H42N3+3. The van der Waals surface area contributed by atoms with Crippen LogP contribution in [-0.4, -0.2) is 0 Å². The molecule has 0 radical (unpaired) electrons. The van der Waals surface area contributed by atoms with Gasteiger partial charge in [0.05, 0.1) is 0 Å². The number of benzene rings is 1. The lowest BCUT2D eigenvalue weighted by atomic mass is 10.1. The van der Waals surface area contributed by atoms with E-state index in [9.17, 15) is 0 Å². The van der Waals surface area contributed by atoms with Crippen LogP contribution >= 0.6 is 0 Å². The van der Waals surface area contributed by atoms with Crippen LogP contribution in [0.15, 0.2) is 91.4 Å². The number of nitrogens with zero attached hydrogens (tertiary/aromatic N) is 3. The lowest BCUT2D eigenvalue weighted by Gasteiger charge is -1.99. The average molecular weight is 553 g/mol. The molecule has 0 amide bonds. The summed E-state index contributed by atoms with van der Waals surface area (Å²) in [5.41, 5.74) is 6.78. The molecule has 0 aliphatic carbocycles. The molecule has 0 fully saturated rings. The fraction of sp³-hybridized carbons (Fsp3) is 0.308. The molecule has 0 atom stereocenters. The van der Waals surface area contributed by atoms with Crippen molar-refractivity contribution in [2.45, 2.75) is 78.9 Å². The summed E-state index contributed by atoms with van der Waals surface area (Å²) in [5, 5.41) is 0. The number of pyridine rings is 3. The van der Waals surface area contributed by atoms with Crippen LogP contribution in [0.3, 0.4) is 0 Å². The van der Waals surface area contributed by atoms with Crippen molar-refractivity contribution in [2.75, 3.05) is 0 Å². The van der Waals surface area contributed by atoms with E-state index >= 15 is 0 Å². The van der Waals surface area contributed by atoms with Crippen LogP contribution in [0.25, 0.3) is 0 Å². The highest BCUT2D eigenvalue weighted by Crippen LogP contribution is 2.09. The SMILES string of the molecule is Cc1cccc[n+]1CCCC#Cc1cc(C#CCCC[n+]2ccccc2C)cc(C#CCCC[n+]2ccccc2C)c1. The number of aryl methyl sites for hydroxylation is 6. The average Bonchev–Trinajstić information content (AvgIpc) is 2.99. The van der Waals surface area contributed by atoms with Gasteiger partial charge in [-0.3, -0.25) is 0 Å². The molecule has 3 nitrogen and oxygen atoms in total. The first-order chi connectivity index (χ1) is 20.6. The molecule has 0 aliphatic rings. The van der Waals surface area contributed by atoms with Gasteiger partial charge in [-0.15, -0.1) is 0 Å². The first-order valence-electron chi connectivity index (χ1n) is 15.1. The van der Waals surface area contributed by atoms with E-state index in [2.05, 4.69) is 161 Å². The van der Waals surface area contributed by atoms with Crippen molar-refractivity contribution in [3.05, 3.63) is 125 Å². The Morgan fingerprint density at radius 3 is 1.05 bits per heavy atom.